The van der Waals surface area contributed by atoms with Crippen LogP contribution in [0.2, 0.25) is 0 Å². The van der Waals surface area contributed by atoms with Crippen LogP contribution in [-0.2, 0) is 9.59 Å². The molecule has 0 aromatic heterocycles. The Morgan fingerprint density at radius 2 is 1.73 bits per heavy atom. The Hall–Kier alpha value is -1.88. The molecule has 0 bridgehead atoms. The highest BCUT2D eigenvalue weighted by molar-refractivity contribution is 6.05. The first-order chi connectivity index (χ1) is 10.7. The van der Waals surface area contributed by atoms with E-state index < -0.39 is 0 Å². The molecule has 2 aliphatic heterocycles. The fourth-order valence-electron chi connectivity index (χ4n) is 3.34. The lowest BCUT2D eigenvalue weighted by atomic mass is 10.1. The number of piperazine rings is 1. The van der Waals surface area contributed by atoms with E-state index in [1.165, 1.54) is 10.6 Å². The van der Waals surface area contributed by atoms with Crippen LogP contribution in [0.15, 0.2) is 30.3 Å². The molecule has 0 radical (unpaired) electrons. The number of hydrogen-bond acceptors (Lipinski definition) is 4. The zero-order valence-corrected chi connectivity index (χ0v) is 13.1. The van der Waals surface area contributed by atoms with E-state index in [0.717, 1.165) is 32.6 Å². The van der Waals surface area contributed by atoms with Gasteiger partial charge in [0.2, 0.25) is 11.8 Å². The average Bonchev–Trinajstić information content (AvgIpc) is 2.84. The van der Waals surface area contributed by atoms with Gasteiger partial charge in [0, 0.05) is 38.4 Å². The highest BCUT2D eigenvalue weighted by Gasteiger charge is 2.41. The molecule has 0 spiro atoms. The molecule has 118 valence electrons. The molecular weight excluding hydrogens is 278 g/mol. The molecule has 0 N–H and O–H groups in total. The number of rotatable bonds is 4. The monoisotopic (exact) mass is 301 g/mol. The largest absolute Gasteiger partial charge is 0.369 e. The molecule has 1 aromatic carbocycles. The van der Waals surface area contributed by atoms with Crippen LogP contribution in [0.25, 0.3) is 0 Å². The number of carbonyl (C=O) groups excluding carboxylic acids is 2. The normalized spacial score (nSPS) is 23.4. The van der Waals surface area contributed by atoms with Gasteiger partial charge in [0.1, 0.15) is 0 Å². The first-order valence-corrected chi connectivity index (χ1v) is 8.09. The smallest absolute Gasteiger partial charge is 0.247 e. The van der Waals surface area contributed by atoms with Gasteiger partial charge in [0.15, 0.2) is 0 Å². The van der Waals surface area contributed by atoms with Crippen LogP contribution in [0.1, 0.15) is 19.8 Å². The molecule has 2 amide bonds. The van der Waals surface area contributed by atoms with Gasteiger partial charge in [-0.15, -0.1) is 0 Å². The number of benzene rings is 1. The molecule has 5 nitrogen and oxygen atoms in total. The molecule has 0 saturated carbocycles. The van der Waals surface area contributed by atoms with Gasteiger partial charge in [0.05, 0.1) is 12.5 Å². The lowest BCUT2D eigenvalue weighted by molar-refractivity contribution is -0.139. The second-order valence-corrected chi connectivity index (χ2v) is 5.96. The molecule has 1 aromatic rings. The van der Waals surface area contributed by atoms with E-state index in [1.54, 1.807) is 0 Å². The van der Waals surface area contributed by atoms with Crippen LogP contribution in [-0.4, -0.2) is 60.4 Å². The summed E-state index contributed by atoms with van der Waals surface area (Å²) in [5, 5.41) is 0. The molecule has 3 rings (SSSR count). The Morgan fingerprint density at radius 3 is 2.36 bits per heavy atom. The Morgan fingerprint density at radius 1 is 1.05 bits per heavy atom. The van der Waals surface area contributed by atoms with Crippen molar-refractivity contribution in [2.24, 2.45) is 0 Å². The Balaban J connectivity index is 1.60. The number of amides is 2. The third-order valence-electron chi connectivity index (χ3n) is 4.54. The van der Waals surface area contributed by atoms with E-state index in [9.17, 15) is 9.59 Å². The van der Waals surface area contributed by atoms with E-state index in [1.807, 2.05) is 25.1 Å². The average molecular weight is 301 g/mol. The van der Waals surface area contributed by atoms with Crippen molar-refractivity contribution in [3.05, 3.63) is 30.3 Å². The van der Waals surface area contributed by atoms with Crippen LogP contribution < -0.4 is 4.90 Å². The first kappa shape index (κ1) is 15.0. The third-order valence-corrected chi connectivity index (χ3v) is 4.54. The van der Waals surface area contributed by atoms with Crippen molar-refractivity contribution in [2.75, 3.05) is 37.6 Å². The van der Waals surface area contributed by atoms with Gasteiger partial charge in [0.25, 0.3) is 0 Å². The van der Waals surface area contributed by atoms with Crippen molar-refractivity contribution in [1.29, 1.82) is 0 Å². The van der Waals surface area contributed by atoms with Crippen LogP contribution in [0.3, 0.4) is 0 Å². The van der Waals surface area contributed by atoms with E-state index >= 15 is 0 Å². The summed E-state index contributed by atoms with van der Waals surface area (Å²) in [6, 6.07) is 10.1. The third kappa shape index (κ3) is 2.86. The molecule has 0 unspecified atom stereocenters. The van der Waals surface area contributed by atoms with Crippen LogP contribution in [0.4, 0.5) is 5.69 Å². The molecule has 2 aliphatic rings. The summed E-state index contributed by atoms with van der Waals surface area (Å²) in [5.41, 5.74) is 1.23. The fraction of sp³-hybridized carbons (Fsp3) is 0.529. The minimum atomic E-state index is -0.239. The van der Waals surface area contributed by atoms with Gasteiger partial charge in [-0.25, -0.2) is 0 Å². The van der Waals surface area contributed by atoms with E-state index in [2.05, 4.69) is 21.9 Å². The minimum absolute atomic E-state index is 0.0000103. The second-order valence-electron chi connectivity index (χ2n) is 5.96. The molecule has 1 atom stereocenters. The lowest BCUT2D eigenvalue weighted by Gasteiger charge is -2.38. The molecule has 2 heterocycles. The maximum Gasteiger partial charge on any atom is 0.247 e. The fourth-order valence-corrected chi connectivity index (χ4v) is 3.34. The van der Waals surface area contributed by atoms with Crippen molar-refractivity contribution in [2.45, 2.75) is 25.8 Å². The standard InChI is InChI=1S/C17H23N3O2/c1-2-8-20-16(21)13-15(17(20)22)19-11-9-18(10-12-19)14-6-4-3-5-7-14/h3-7,15H,2,8-13H2,1H3/t15-/m1/s1. The second kappa shape index (κ2) is 6.48. The summed E-state index contributed by atoms with van der Waals surface area (Å²) in [6.45, 7) is 6.01. The Bertz CT molecular complexity index is 538. The van der Waals surface area contributed by atoms with Gasteiger partial charge < -0.3 is 4.90 Å². The van der Waals surface area contributed by atoms with Crippen molar-refractivity contribution >= 4 is 17.5 Å². The number of para-hydroxylation sites is 1. The molecular formula is C17H23N3O2. The van der Waals surface area contributed by atoms with Crippen LogP contribution in [0.5, 0.6) is 0 Å². The topological polar surface area (TPSA) is 43.9 Å². The van der Waals surface area contributed by atoms with Crippen molar-refractivity contribution in [3.63, 3.8) is 0 Å². The van der Waals surface area contributed by atoms with Gasteiger partial charge in [-0.3, -0.25) is 19.4 Å². The number of nitrogens with zero attached hydrogens (tertiary/aromatic N) is 3. The van der Waals surface area contributed by atoms with Gasteiger partial charge in [-0.2, -0.15) is 0 Å². The molecule has 0 aliphatic carbocycles. The van der Waals surface area contributed by atoms with E-state index in [0.29, 0.717) is 13.0 Å². The molecule has 22 heavy (non-hydrogen) atoms. The number of hydrogen-bond donors (Lipinski definition) is 0. The highest BCUT2D eigenvalue weighted by Crippen LogP contribution is 2.22. The number of carbonyl (C=O) groups is 2. The number of likely N-dealkylation sites (tertiary alicyclic amines) is 1. The van der Waals surface area contributed by atoms with Crippen molar-refractivity contribution in [3.8, 4) is 0 Å². The summed E-state index contributed by atoms with van der Waals surface area (Å²) < 4.78 is 0. The molecule has 2 fully saturated rings. The maximum atomic E-state index is 12.4. The lowest BCUT2D eigenvalue weighted by Crippen LogP contribution is -2.52. The predicted molar refractivity (Wildman–Crippen MR) is 85.6 cm³/mol. The minimum Gasteiger partial charge on any atom is -0.369 e. The van der Waals surface area contributed by atoms with Crippen molar-refractivity contribution in [1.82, 2.24) is 9.80 Å². The van der Waals surface area contributed by atoms with Gasteiger partial charge in [-0.05, 0) is 18.6 Å². The molecule has 5 heteroatoms. The van der Waals surface area contributed by atoms with Crippen molar-refractivity contribution < 1.29 is 9.59 Å². The van der Waals surface area contributed by atoms with Gasteiger partial charge in [-0.1, -0.05) is 25.1 Å². The van der Waals surface area contributed by atoms with Gasteiger partial charge >= 0.3 is 0 Å². The summed E-state index contributed by atoms with van der Waals surface area (Å²) in [5.74, 6) is -0.0117. The van der Waals surface area contributed by atoms with Crippen LogP contribution in [0, 0.1) is 0 Å². The van der Waals surface area contributed by atoms with E-state index in [4.69, 9.17) is 0 Å². The zero-order chi connectivity index (χ0) is 15.5. The summed E-state index contributed by atoms with van der Waals surface area (Å²) in [7, 11) is 0. The maximum absolute atomic E-state index is 12.4. The first-order valence-electron chi connectivity index (χ1n) is 8.09. The predicted octanol–water partition coefficient (Wildman–Crippen LogP) is 1.35. The zero-order valence-electron chi connectivity index (χ0n) is 13.1. The highest BCUT2D eigenvalue weighted by atomic mass is 16.2. The summed E-state index contributed by atoms with van der Waals surface area (Å²) >= 11 is 0. The Labute approximate surface area is 131 Å². The van der Waals surface area contributed by atoms with Crippen LogP contribution >= 0.6 is 0 Å². The van der Waals surface area contributed by atoms with E-state index in [-0.39, 0.29) is 17.9 Å². The summed E-state index contributed by atoms with van der Waals surface area (Å²) in [6.07, 6.45) is 1.18. The SMILES string of the molecule is CCCN1C(=O)C[C@@H](N2CCN(c3ccccc3)CC2)C1=O. The number of anilines is 1. The quantitative estimate of drug-likeness (QED) is 0.787. The summed E-state index contributed by atoms with van der Waals surface area (Å²) in [4.78, 5) is 30.3. The molecule has 2 saturated heterocycles. The Kier molecular flexibility index (Phi) is 4.43. The number of imide groups is 1.